The van der Waals surface area contributed by atoms with Crippen molar-refractivity contribution in [1.29, 1.82) is 0 Å². The number of nitrogens with one attached hydrogen (secondary N) is 1. The molecule has 0 aliphatic rings. The zero-order chi connectivity index (χ0) is 14.8. The molecular weight excluding hydrogens is 252 g/mol. The predicted octanol–water partition coefficient (Wildman–Crippen LogP) is 2.40. The number of benzene rings is 1. The first-order valence-corrected chi connectivity index (χ1v) is 7.39. The van der Waals surface area contributed by atoms with E-state index in [0.717, 1.165) is 24.8 Å². The number of hydrogen-bond acceptors (Lipinski definition) is 3. The van der Waals surface area contributed by atoms with Crippen LogP contribution in [0.1, 0.15) is 44.8 Å². The molecule has 1 aromatic rings. The van der Waals surface area contributed by atoms with Crippen LogP contribution in [0.5, 0.6) is 0 Å². The van der Waals surface area contributed by atoms with Crippen LogP contribution in [-0.2, 0) is 9.53 Å². The van der Waals surface area contributed by atoms with Gasteiger partial charge < -0.3 is 15.8 Å². The summed E-state index contributed by atoms with van der Waals surface area (Å²) in [6.45, 7) is 4.97. The average Bonchev–Trinajstić information content (AvgIpc) is 2.49. The highest BCUT2D eigenvalue weighted by molar-refractivity contribution is 5.82. The van der Waals surface area contributed by atoms with E-state index in [1.165, 1.54) is 0 Å². The van der Waals surface area contributed by atoms with Gasteiger partial charge in [-0.1, -0.05) is 50.1 Å². The van der Waals surface area contributed by atoms with Crippen LogP contribution in [0.3, 0.4) is 0 Å². The van der Waals surface area contributed by atoms with E-state index in [9.17, 15) is 4.79 Å². The zero-order valence-corrected chi connectivity index (χ0v) is 12.5. The number of carbonyl (C=O) groups excluding carboxylic acids is 1. The summed E-state index contributed by atoms with van der Waals surface area (Å²) < 4.78 is 5.59. The van der Waals surface area contributed by atoms with E-state index >= 15 is 0 Å². The molecule has 0 aliphatic heterocycles. The lowest BCUT2D eigenvalue weighted by atomic mass is 10.1. The largest absolute Gasteiger partial charge is 0.364 e. The summed E-state index contributed by atoms with van der Waals surface area (Å²) in [6, 6.07) is 9.58. The Morgan fingerprint density at radius 3 is 2.55 bits per heavy atom. The van der Waals surface area contributed by atoms with Crippen molar-refractivity contribution in [2.45, 2.75) is 45.3 Å². The van der Waals surface area contributed by atoms with Crippen molar-refractivity contribution in [3.05, 3.63) is 35.9 Å². The van der Waals surface area contributed by atoms with Crippen LogP contribution in [0.4, 0.5) is 0 Å². The predicted molar refractivity (Wildman–Crippen MR) is 81.3 cm³/mol. The molecule has 4 heteroatoms. The monoisotopic (exact) mass is 278 g/mol. The summed E-state index contributed by atoms with van der Waals surface area (Å²) >= 11 is 0. The number of carbonyl (C=O) groups is 1. The summed E-state index contributed by atoms with van der Waals surface area (Å²) in [5.74, 6) is -0.107. The van der Waals surface area contributed by atoms with Crippen molar-refractivity contribution in [2.24, 2.45) is 5.73 Å². The van der Waals surface area contributed by atoms with Crippen LogP contribution < -0.4 is 11.1 Å². The smallest absolute Gasteiger partial charge is 0.254 e. The van der Waals surface area contributed by atoms with Gasteiger partial charge in [-0.3, -0.25) is 4.79 Å². The Morgan fingerprint density at radius 1 is 1.30 bits per heavy atom. The molecular formula is C16H26N2O2. The van der Waals surface area contributed by atoms with Gasteiger partial charge in [-0.05, 0) is 18.9 Å². The van der Waals surface area contributed by atoms with Crippen LogP contribution in [0.2, 0.25) is 0 Å². The molecule has 0 aromatic heterocycles. The Morgan fingerprint density at radius 2 is 2.00 bits per heavy atom. The Balaban J connectivity index is 2.69. The molecule has 0 heterocycles. The normalized spacial score (nSPS) is 13.8. The fraction of sp³-hybridized carbons (Fsp3) is 0.562. The second kappa shape index (κ2) is 9.50. The highest BCUT2D eigenvalue weighted by atomic mass is 16.5. The second-order valence-electron chi connectivity index (χ2n) is 4.83. The van der Waals surface area contributed by atoms with Gasteiger partial charge in [0.1, 0.15) is 0 Å². The van der Waals surface area contributed by atoms with Crippen LogP contribution >= 0.6 is 0 Å². The second-order valence-corrected chi connectivity index (χ2v) is 4.83. The lowest BCUT2D eigenvalue weighted by Gasteiger charge is -2.22. The Hall–Kier alpha value is -1.39. The fourth-order valence-corrected chi connectivity index (χ4v) is 2.09. The van der Waals surface area contributed by atoms with E-state index in [2.05, 4.69) is 12.2 Å². The maximum absolute atomic E-state index is 12.4. The van der Waals surface area contributed by atoms with E-state index in [1.54, 1.807) is 0 Å². The number of hydrogen-bond donors (Lipinski definition) is 2. The molecule has 2 atom stereocenters. The van der Waals surface area contributed by atoms with Gasteiger partial charge in [-0.25, -0.2) is 0 Å². The molecule has 0 bridgehead atoms. The minimum absolute atomic E-state index is 0.0223. The van der Waals surface area contributed by atoms with Gasteiger partial charge in [-0.2, -0.15) is 0 Å². The van der Waals surface area contributed by atoms with Gasteiger partial charge >= 0.3 is 0 Å². The van der Waals surface area contributed by atoms with Gasteiger partial charge in [0.15, 0.2) is 6.10 Å². The summed E-state index contributed by atoms with van der Waals surface area (Å²) in [5, 5.41) is 3.00. The molecule has 0 fully saturated rings. The molecule has 1 amide bonds. The Labute approximate surface area is 121 Å². The van der Waals surface area contributed by atoms with Crippen LogP contribution in [0, 0.1) is 0 Å². The molecule has 2 unspecified atom stereocenters. The first kappa shape index (κ1) is 16.7. The van der Waals surface area contributed by atoms with Gasteiger partial charge in [0.25, 0.3) is 5.91 Å². The van der Waals surface area contributed by atoms with Crippen molar-refractivity contribution < 1.29 is 9.53 Å². The summed E-state index contributed by atoms with van der Waals surface area (Å²) in [4.78, 5) is 12.4. The topological polar surface area (TPSA) is 64.3 Å². The summed E-state index contributed by atoms with van der Waals surface area (Å²) in [5.41, 5.74) is 6.59. The van der Waals surface area contributed by atoms with Crippen molar-refractivity contribution >= 4 is 5.91 Å². The third-order valence-corrected chi connectivity index (χ3v) is 3.21. The fourth-order valence-electron chi connectivity index (χ4n) is 2.09. The number of amides is 1. The molecule has 0 spiro atoms. The highest BCUT2D eigenvalue weighted by Gasteiger charge is 2.22. The molecule has 112 valence electrons. The maximum Gasteiger partial charge on any atom is 0.254 e. The molecule has 4 nitrogen and oxygen atoms in total. The third kappa shape index (κ3) is 5.31. The quantitative estimate of drug-likeness (QED) is 0.729. The van der Waals surface area contributed by atoms with Gasteiger partial charge in [0.2, 0.25) is 0 Å². The molecule has 1 aromatic carbocycles. The molecule has 0 radical (unpaired) electrons. The molecule has 20 heavy (non-hydrogen) atoms. The molecule has 0 saturated carbocycles. The molecule has 3 N–H and O–H groups in total. The summed E-state index contributed by atoms with van der Waals surface area (Å²) in [7, 11) is 0. The van der Waals surface area contributed by atoms with Crippen LogP contribution in [-0.4, -0.2) is 25.1 Å². The lowest BCUT2D eigenvalue weighted by molar-refractivity contribution is -0.133. The van der Waals surface area contributed by atoms with E-state index in [4.69, 9.17) is 10.5 Å². The van der Waals surface area contributed by atoms with Gasteiger partial charge in [0.05, 0.1) is 0 Å². The van der Waals surface area contributed by atoms with E-state index < -0.39 is 6.10 Å². The van der Waals surface area contributed by atoms with Crippen molar-refractivity contribution in [3.8, 4) is 0 Å². The SMILES string of the molecule is CCCCC(CN)NC(=O)C(OCC)c1ccccc1. The van der Waals surface area contributed by atoms with E-state index in [-0.39, 0.29) is 11.9 Å². The van der Waals surface area contributed by atoms with Crippen molar-refractivity contribution in [2.75, 3.05) is 13.2 Å². The molecule has 0 aliphatic carbocycles. The van der Waals surface area contributed by atoms with Gasteiger partial charge in [0, 0.05) is 19.2 Å². The minimum atomic E-state index is -0.558. The first-order valence-electron chi connectivity index (χ1n) is 7.39. The minimum Gasteiger partial charge on any atom is -0.364 e. The molecule has 0 saturated heterocycles. The maximum atomic E-state index is 12.4. The van der Waals surface area contributed by atoms with Crippen molar-refractivity contribution in [1.82, 2.24) is 5.32 Å². The number of ether oxygens (including phenoxy) is 1. The number of nitrogens with two attached hydrogens (primary N) is 1. The Bertz CT molecular complexity index is 381. The third-order valence-electron chi connectivity index (χ3n) is 3.21. The summed E-state index contributed by atoms with van der Waals surface area (Å²) in [6.07, 6.45) is 2.51. The molecule has 1 rings (SSSR count). The first-order chi connectivity index (χ1) is 9.72. The zero-order valence-electron chi connectivity index (χ0n) is 12.5. The van der Waals surface area contributed by atoms with Crippen LogP contribution in [0.15, 0.2) is 30.3 Å². The van der Waals surface area contributed by atoms with E-state index in [0.29, 0.717) is 13.2 Å². The lowest BCUT2D eigenvalue weighted by Crippen LogP contribution is -2.43. The van der Waals surface area contributed by atoms with Gasteiger partial charge in [-0.15, -0.1) is 0 Å². The highest BCUT2D eigenvalue weighted by Crippen LogP contribution is 2.17. The number of unbranched alkanes of at least 4 members (excludes halogenated alkanes) is 1. The number of rotatable bonds is 9. The van der Waals surface area contributed by atoms with E-state index in [1.807, 2.05) is 37.3 Å². The Kier molecular flexibility index (Phi) is 7.92. The van der Waals surface area contributed by atoms with Crippen molar-refractivity contribution in [3.63, 3.8) is 0 Å². The standard InChI is InChI=1S/C16H26N2O2/c1-3-5-11-14(12-17)18-16(19)15(20-4-2)13-9-7-6-8-10-13/h6-10,14-15H,3-5,11-12,17H2,1-2H3,(H,18,19). The van der Waals surface area contributed by atoms with Crippen LogP contribution in [0.25, 0.3) is 0 Å². The average molecular weight is 278 g/mol.